The van der Waals surface area contributed by atoms with Gasteiger partial charge in [-0.25, -0.2) is 9.18 Å². The van der Waals surface area contributed by atoms with Crippen molar-refractivity contribution in [2.75, 3.05) is 26.2 Å². The Hall–Kier alpha value is -2.40. The molecule has 0 aliphatic carbocycles. The highest BCUT2D eigenvalue weighted by Crippen LogP contribution is 2.29. The van der Waals surface area contributed by atoms with Crippen LogP contribution in [0.25, 0.3) is 0 Å². The number of halogens is 1. The van der Waals surface area contributed by atoms with Crippen LogP contribution in [0, 0.1) is 5.82 Å². The van der Waals surface area contributed by atoms with E-state index < -0.39 is 5.97 Å². The lowest BCUT2D eigenvalue weighted by Crippen LogP contribution is -2.26. The summed E-state index contributed by atoms with van der Waals surface area (Å²) < 4.78 is 18.5. The number of aromatic carboxylic acids is 1. The zero-order chi connectivity index (χ0) is 16.9. The van der Waals surface area contributed by atoms with Gasteiger partial charge in [0.25, 0.3) is 0 Å². The lowest BCUT2D eigenvalue weighted by Gasteiger charge is -2.17. The monoisotopic (exact) mass is 329 g/mol. The zero-order valence-electron chi connectivity index (χ0n) is 13.3. The van der Waals surface area contributed by atoms with Crippen molar-refractivity contribution in [2.24, 2.45) is 0 Å². The highest BCUT2D eigenvalue weighted by Gasteiger charge is 2.26. The minimum atomic E-state index is -0.872. The molecule has 0 bridgehead atoms. The SMILES string of the molecule is O=C(O)c1ccccc1[C@H]1CCN(CCOc2ccc(F)cc2)C1. The molecule has 2 aromatic rings. The van der Waals surface area contributed by atoms with Crippen molar-refractivity contribution < 1.29 is 19.0 Å². The van der Waals surface area contributed by atoms with E-state index in [1.807, 2.05) is 12.1 Å². The van der Waals surface area contributed by atoms with Crippen molar-refractivity contribution >= 4 is 5.97 Å². The smallest absolute Gasteiger partial charge is 0.335 e. The maximum absolute atomic E-state index is 12.8. The quantitative estimate of drug-likeness (QED) is 0.882. The van der Waals surface area contributed by atoms with Crippen LogP contribution in [-0.2, 0) is 0 Å². The van der Waals surface area contributed by atoms with E-state index in [4.69, 9.17) is 4.74 Å². The number of carboxylic acid groups (broad SMARTS) is 1. The van der Waals surface area contributed by atoms with E-state index in [0.29, 0.717) is 17.9 Å². The molecule has 0 unspecified atom stereocenters. The summed E-state index contributed by atoms with van der Waals surface area (Å²) in [4.78, 5) is 13.6. The maximum atomic E-state index is 12.8. The second kappa shape index (κ2) is 7.45. The highest BCUT2D eigenvalue weighted by molar-refractivity contribution is 5.89. The van der Waals surface area contributed by atoms with E-state index in [0.717, 1.165) is 31.6 Å². The Kier molecular flexibility index (Phi) is 5.11. The molecule has 1 aliphatic heterocycles. The third-order valence-electron chi connectivity index (χ3n) is 4.39. The van der Waals surface area contributed by atoms with Gasteiger partial charge in [-0.05, 0) is 54.8 Å². The second-order valence-electron chi connectivity index (χ2n) is 5.98. The van der Waals surface area contributed by atoms with E-state index in [9.17, 15) is 14.3 Å². The van der Waals surface area contributed by atoms with Gasteiger partial charge in [-0.2, -0.15) is 0 Å². The molecule has 2 aromatic carbocycles. The van der Waals surface area contributed by atoms with Crippen LogP contribution in [0.15, 0.2) is 48.5 Å². The van der Waals surface area contributed by atoms with E-state index in [2.05, 4.69) is 4.90 Å². The summed E-state index contributed by atoms with van der Waals surface area (Å²) in [5.74, 6) is -0.253. The topological polar surface area (TPSA) is 49.8 Å². The number of carbonyl (C=O) groups is 1. The molecular weight excluding hydrogens is 309 g/mol. The molecular formula is C19H20FNO3. The summed E-state index contributed by atoms with van der Waals surface area (Å²) >= 11 is 0. The molecule has 1 fully saturated rings. The fraction of sp³-hybridized carbons (Fsp3) is 0.316. The number of ether oxygens (including phenoxy) is 1. The summed E-state index contributed by atoms with van der Waals surface area (Å²) in [6.07, 6.45) is 0.945. The standard InChI is InChI=1S/C19H20FNO3/c20-15-5-7-16(8-6-15)24-12-11-21-10-9-14(13-21)17-3-1-2-4-18(17)19(22)23/h1-8,14H,9-13H2,(H,22,23)/t14-/m0/s1. The van der Waals surface area contributed by atoms with E-state index in [1.54, 1.807) is 24.3 Å². The van der Waals surface area contributed by atoms with Crippen LogP contribution in [0.3, 0.4) is 0 Å². The van der Waals surface area contributed by atoms with Gasteiger partial charge in [-0.15, -0.1) is 0 Å². The van der Waals surface area contributed by atoms with Gasteiger partial charge in [0, 0.05) is 13.1 Å². The van der Waals surface area contributed by atoms with Crippen LogP contribution >= 0.6 is 0 Å². The number of nitrogens with zero attached hydrogens (tertiary/aromatic N) is 1. The van der Waals surface area contributed by atoms with Gasteiger partial charge in [-0.1, -0.05) is 18.2 Å². The summed E-state index contributed by atoms with van der Waals surface area (Å²) in [7, 11) is 0. The summed E-state index contributed by atoms with van der Waals surface area (Å²) in [6, 6.07) is 13.2. The Bertz CT molecular complexity index is 702. The summed E-state index contributed by atoms with van der Waals surface area (Å²) in [5, 5.41) is 9.32. The van der Waals surface area contributed by atoms with Crippen molar-refractivity contribution in [2.45, 2.75) is 12.3 Å². The molecule has 0 spiro atoms. The van der Waals surface area contributed by atoms with Crippen LogP contribution in [0.2, 0.25) is 0 Å². The van der Waals surface area contributed by atoms with Gasteiger partial charge in [0.2, 0.25) is 0 Å². The molecule has 24 heavy (non-hydrogen) atoms. The third-order valence-corrected chi connectivity index (χ3v) is 4.39. The molecule has 1 aliphatic rings. The molecule has 0 saturated carbocycles. The van der Waals surface area contributed by atoms with Gasteiger partial charge in [0.15, 0.2) is 0 Å². The number of benzene rings is 2. The number of likely N-dealkylation sites (tertiary alicyclic amines) is 1. The molecule has 1 heterocycles. The molecule has 1 saturated heterocycles. The maximum Gasteiger partial charge on any atom is 0.335 e. The Balaban J connectivity index is 1.52. The first-order valence-corrected chi connectivity index (χ1v) is 8.06. The molecule has 4 nitrogen and oxygen atoms in total. The molecule has 126 valence electrons. The molecule has 0 aromatic heterocycles. The van der Waals surface area contributed by atoms with Crippen molar-refractivity contribution in [3.63, 3.8) is 0 Å². The average Bonchev–Trinajstić information content (AvgIpc) is 3.05. The fourth-order valence-corrected chi connectivity index (χ4v) is 3.16. The van der Waals surface area contributed by atoms with E-state index in [1.165, 1.54) is 12.1 Å². The van der Waals surface area contributed by atoms with Crippen LogP contribution in [0.1, 0.15) is 28.3 Å². The minimum Gasteiger partial charge on any atom is -0.492 e. The molecule has 0 radical (unpaired) electrons. The van der Waals surface area contributed by atoms with Crippen LogP contribution < -0.4 is 4.74 Å². The lowest BCUT2D eigenvalue weighted by atomic mass is 9.93. The molecule has 1 N–H and O–H groups in total. The van der Waals surface area contributed by atoms with E-state index in [-0.39, 0.29) is 11.7 Å². The molecule has 3 rings (SSSR count). The van der Waals surface area contributed by atoms with Crippen molar-refractivity contribution in [3.05, 3.63) is 65.5 Å². The normalized spacial score (nSPS) is 17.8. The van der Waals surface area contributed by atoms with Crippen molar-refractivity contribution in [1.29, 1.82) is 0 Å². The van der Waals surface area contributed by atoms with Crippen LogP contribution in [0.5, 0.6) is 5.75 Å². The van der Waals surface area contributed by atoms with Crippen molar-refractivity contribution in [1.82, 2.24) is 4.90 Å². The Labute approximate surface area is 140 Å². The molecule has 0 amide bonds. The summed E-state index contributed by atoms with van der Waals surface area (Å²) in [5.41, 5.74) is 1.30. The van der Waals surface area contributed by atoms with E-state index >= 15 is 0 Å². The van der Waals surface area contributed by atoms with Gasteiger partial charge >= 0.3 is 5.97 Å². The minimum absolute atomic E-state index is 0.239. The van der Waals surface area contributed by atoms with Crippen molar-refractivity contribution in [3.8, 4) is 5.75 Å². The fourth-order valence-electron chi connectivity index (χ4n) is 3.16. The number of carboxylic acids is 1. The molecule has 5 heteroatoms. The number of hydrogen-bond acceptors (Lipinski definition) is 3. The average molecular weight is 329 g/mol. The predicted octanol–water partition coefficient (Wildman–Crippen LogP) is 3.39. The number of hydrogen-bond donors (Lipinski definition) is 1. The van der Waals surface area contributed by atoms with Gasteiger partial charge in [0.1, 0.15) is 18.2 Å². The first-order valence-electron chi connectivity index (χ1n) is 8.06. The largest absolute Gasteiger partial charge is 0.492 e. The molecule has 1 atom stereocenters. The van der Waals surface area contributed by atoms with Crippen LogP contribution in [0.4, 0.5) is 4.39 Å². The zero-order valence-corrected chi connectivity index (χ0v) is 13.3. The van der Waals surface area contributed by atoms with Gasteiger partial charge in [0.05, 0.1) is 5.56 Å². The first-order chi connectivity index (χ1) is 11.6. The Morgan fingerprint density at radius 3 is 2.71 bits per heavy atom. The second-order valence-corrected chi connectivity index (χ2v) is 5.98. The van der Waals surface area contributed by atoms with Gasteiger partial charge in [-0.3, -0.25) is 4.90 Å². The van der Waals surface area contributed by atoms with Crippen LogP contribution in [-0.4, -0.2) is 42.2 Å². The number of rotatable bonds is 6. The highest BCUT2D eigenvalue weighted by atomic mass is 19.1. The predicted molar refractivity (Wildman–Crippen MR) is 89.1 cm³/mol. The van der Waals surface area contributed by atoms with Gasteiger partial charge < -0.3 is 9.84 Å². The Morgan fingerprint density at radius 1 is 1.21 bits per heavy atom. The summed E-state index contributed by atoms with van der Waals surface area (Å²) in [6.45, 7) is 3.05. The first kappa shape index (κ1) is 16.5. The Morgan fingerprint density at radius 2 is 1.96 bits per heavy atom. The third kappa shape index (κ3) is 3.92. The lowest BCUT2D eigenvalue weighted by molar-refractivity contribution is 0.0695.